The van der Waals surface area contributed by atoms with Crippen LogP contribution in [0.3, 0.4) is 0 Å². The molecule has 1 aliphatic rings. The summed E-state index contributed by atoms with van der Waals surface area (Å²) in [6.45, 7) is 4.11. The van der Waals surface area contributed by atoms with Gasteiger partial charge in [-0.1, -0.05) is 26.7 Å². The van der Waals surface area contributed by atoms with Crippen LogP contribution in [0.1, 0.15) is 57.2 Å². The molecule has 0 spiro atoms. The fraction of sp³-hybridized carbons (Fsp3) is 0.579. The van der Waals surface area contributed by atoms with Crippen molar-refractivity contribution in [3.63, 3.8) is 0 Å². The average Bonchev–Trinajstić information content (AvgIpc) is 3.19. The number of fused-ring (bicyclic) bond motifs is 1. The first kappa shape index (κ1) is 18.7. The van der Waals surface area contributed by atoms with Crippen LogP contribution in [0.5, 0.6) is 0 Å². The van der Waals surface area contributed by atoms with Crippen LogP contribution in [0.2, 0.25) is 0 Å². The molecule has 2 aromatic rings. The number of amides is 1. The molecule has 2 heterocycles. The maximum absolute atomic E-state index is 13.1. The fourth-order valence-electron chi connectivity index (χ4n) is 3.43. The number of rotatable bonds is 5. The molecule has 1 aliphatic carbocycles. The SMILES string of the molecule is CC(C)CCc1c(NC(=O)C2CCCC2)nc2ccc(C(F)(F)F)cn12. The lowest BCUT2D eigenvalue weighted by Crippen LogP contribution is -2.21. The molecule has 1 fully saturated rings. The summed E-state index contributed by atoms with van der Waals surface area (Å²) in [5.74, 6) is 0.683. The molecule has 3 rings (SSSR count). The van der Waals surface area contributed by atoms with E-state index in [-0.39, 0.29) is 11.8 Å². The molecule has 26 heavy (non-hydrogen) atoms. The molecule has 0 aromatic carbocycles. The molecule has 0 saturated heterocycles. The zero-order valence-electron chi connectivity index (χ0n) is 15.1. The van der Waals surface area contributed by atoms with E-state index >= 15 is 0 Å². The molecule has 2 aromatic heterocycles. The van der Waals surface area contributed by atoms with E-state index in [4.69, 9.17) is 0 Å². The number of hydrogen-bond acceptors (Lipinski definition) is 2. The summed E-state index contributed by atoms with van der Waals surface area (Å²) in [4.78, 5) is 16.9. The minimum atomic E-state index is -4.42. The van der Waals surface area contributed by atoms with E-state index in [2.05, 4.69) is 24.1 Å². The maximum atomic E-state index is 13.1. The number of imidazole rings is 1. The van der Waals surface area contributed by atoms with Gasteiger partial charge in [0.2, 0.25) is 5.91 Å². The predicted molar refractivity (Wildman–Crippen MR) is 93.9 cm³/mol. The summed E-state index contributed by atoms with van der Waals surface area (Å²) in [5, 5.41) is 2.87. The van der Waals surface area contributed by atoms with Crippen LogP contribution in [0.25, 0.3) is 5.65 Å². The number of hydrogen-bond donors (Lipinski definition) is 1. The van der Waals surface area contributed by atoms with Gasteiger partial charge in [-0.2, -0.15) is 13.2 Å². The first-order valence-corrected chi connectivity index (χ1v) is 9.14. The van der Waals surface area contributed by atoms with Crippen LogP contribution < -0.4 is 5.32 Å². The lowest BCUT2D eigenvalue weighted by molar-refractivity contribution is -0.137. The molecular formula is C19H24F3N3O. The minimum absolute atomic E-state index is 0.0245. The lowest BCUT2D eigenvalue weighted by atomic mass is 10.1. The number of pyridine rings is 1. The Kier molecular flexibility index (Phi) is 5.25. The van der Waals surface area contributed by atoms with Gasteiger partial charge in [0.1, 0.15) is 5.65 Å². The second-order valence-corrected chi connectivity index (χ2v) is 7.45. The fourth-order valence-corrected chi connectivity index (χ4v) is 3.43. The number of aromatic nitrogens is 2. The summed E-state index contributed by atoms with van der Waals surface area (Å²) in [6.07, 6.45) is 1.81. The third-order valence-electron chi connectivity index (χ3n) is 4.97. The summed E-state index contributed by atoms with van der Waals surface area (Å²) < 4.78 is 40.7. The normalized spacial score (nSPS) is 15.9. The highest BCUT2D eigenvalue weighted by Crippen LogP contribution is 2.32. The van der Waals surface area contributed by atoms with E-state index < -0.39 is 11.7 Å². The molecule has 4 nitrogen and oxygen atoms in total. The largest absolute Gasteiger partial charge is 0.417 e. The Labute approximate surface area is 150 Å². The van der Waals surface area contributed by atoms with Crippen molar-refractivity contribution in [2.24, 2.45) is 11.8 Å². The summed E-state index contributed by atoms with van der Waals surface area (Å²) >= 11 is 0. The van der Waals surface area contributed by atoms with Crippen LogP contribution in [0, 0.1) is 11.8 Å². The monoisotopic (exact) mass is 367 g/mol. The van der Waals surface area contributed by atoms with Gasteiger partial charge in [-0.3, -0.25) is 4.79 Å². The van der Waals surface area contributed by atoms with Crippen LogP contribution in [0.4, 0.5) is 19.0 Å². The van der Waals surface area contributed by atoms with Gasteiger partial charge in [0.25, 0.3) is 0 Å². The number of carbonyl (C=O) groups excluding carboxylic acids is 1. The Balaban J connectivity index is 1.97. The Morgan fingerprint density at radius 3 is 2.62 bits per heavy atom. The van der Waals surface area contributed by atoms with Gasteiger partial charge in [0.15, 0.2) is 5.82 Å². The van der Waals surface area contributed by atoms with Crippen LogP contribution in [-0.2, 0) is 17.4 Å². The van der Waals surface area contributed by atoms with Crippen molar-refractivity contribution in [3.05, 3.63) is 29.6 Å². The number of alkyl halides is 3. The quantitative estimate of drug-likeness (QED) is 0.802. The molecule has 1 N–H and O–H groups in total. The van der Waals surface area contributed by atoms with Crippen molar-refractivity contribution in [1.82, 2.24) is 9.38 Å². The number of aryl methyl sites for hydroxylation is 1. The third kappa shape index (κ3) is 4.02. The molecule has 0 unspecified atom stereocenters. The van der Waals surface area contributed by atoms with E-state index in [1.807, 2.05) is 0 Å². The standard InChI is InChI=1S/C19H24F3N3O/c1-12(2)7-9-15-17(24-18(26)13-5-3-4-6-13)23-16-10-8-14(11-25(15)16)19(20,21)22/h8,10-13H,3-7,9H2,1-2H3,(H,24,26). The van der Waals surface area contributed by atoms with Gasteiger partial charge in [0, 0.05) is 12.1 Å². The van der Waals surface area contributed by atoms with Gasteiger partial charge in [-0.25, -0.2) is 4.98 Å². The van der Waals surface area contributed by atoms with Crippen molar-refractivity contribution >= 4 is 17.4 Å². The molecule has 1 amide bonds. The smallest absolute Gasteiger partial charge is 0.309 e. The minimum Gasteiger partial charge on any atom is -0.309 e. The average molecular weight is 367 g/mol. The predicted octanol–water partition coefficient (Wildman–Crippen LogP) is 5.07. The summed E-state index contributed by atoms with van der Waals surface area (Å²) in [6, 6.07) is 2.38. The van der Waals surface area contributed by atoms with Crippen LogP contribution in [0.15, 0.2) is 18.3 Å². The molecular weight excluding hydrogens is 343 g/mol. The molecule has 1 saturated carbocycles. The van der Waals surface area contributed by atoms with E-state index in [9.17, 15) is 18.0 Å². The van der Waals surface area contributed by atoms with Gasteiger partial charge in [0.05, 0.1) is 11.3 Å². The van der Waals surface area contributed by atoms with Gasteiger partial charge in [-0.15, -0.1) is 0 Å². The van der Waals surface area contributed by atoms with E-state index in [0.717, 1.165) is 44.4 Å². The highest BCUT2D eigenvalue weighted by atomic mass is 19.4. The van der Waals surface area contributed by atoms with Crippen LogP contribution >= 0.6 is 0 Å². The number of carbonyl (C=O) groups is 1. The molecule has 142 valence electrons. The second-order valence-electron chi connectivity index (χ2n) is 7.45. The Hall–Kier alpha value is -2.05. The van der Waals surface area contributed by atoms with Crippen molar-refractivity contribution in [1.29, 1.82) is 0 Å². The Morgan fingerprint density at radius 2 is 2.00 bits per heavy atom. The second kappa shape index (κ2) is 7.29. The molecule has 0 atom stereocenters. The van der Waals surface area contributed by atoms with Crippen molar-refractivity contribution in [2.45, 2.75) is 58.5 Å². The van der Waals surface area contributed by atoms with Gasteiger partial charge >= 0.3 is 6.18 Å². The highest BCUT2D eigenvalue weighted by molar-refractivity contribution is 5.92. The number of anilines is 1. The summed E-state index contributed by atoms with van der Waals surface area (Å²) in [5.41, 5.74) is 0.325. The third-order valence-corrected chi connectivity index (χ3v) is 4.97. The van der Waals surface area contributed by atoms with Gasteiger partial charge < -0.3 is 9.72 Å². The molecule has 0 aliphatic heterocycles. The Bertz CT molecular complexity index is 789. The van der Waals surface area contributed by atoms with Crippen molar-refractivity contribution in [2.75, 3.05) is 5.32 Å². The van der Waals surface area contributed by atoms with Crippen LogP contribution in [-0.4, -0.2) is 15.3 Å². The maximum Gasteiger partial charge on any atom is 0.417 e. The zero-order valence-corrected chi connectivity index (χ0v) is 15.1. The van der Waals surface area contributed by atoms with Crippen molar-refractivity contribution in [3.8, 4) is 0 Å². The molecule has 0 radical (unpaired) electrons. The number of nitrogens with one attached hydrogen (secondary N) is 1. The first-order valence-electron chi connectivity index (χ1n) is 9.14. The first-order chi connectivity index (χ1) is 12.3. The van der Waals surface area contributed by atoms with E-state index in [0.29, 0.717) is 29.5 Å². The topological polar surface area (TPSA) is 46.4 Å². The van der Waals surface area contributed by atoms with E-state index in [1.165, 1.54) is 10.5 Å². The Morgan fingerprint density at radius 1 is 1.31 bits per heavy atom. The van der Waals surface area contributed by atoms with Crippen molar-refractivity contribution < 1.29 is 18.0 Å². The summed E-state index contributed by atoms with van der Waals surface area (Å²) in [7, 11) is 0. The zero-order chi connectivity index (χ0) is 18.9. The number of nitrogens with zero attached hydrogens (tertiary/aromatic N) is 2. The van der Waals surface area contributed by atoms with E-state index in [1.54, 1.807) is 0 Å². The molecule has 0 bridgehead atoms. The lowest BCUT2D eigenvalue weighted by Gasteiger charge is -2.12. The highest BCUT2D eigenvalue weighted by Gasteiger charge is 2.31. The number of halogens is 3. The van der Waals surface area contributed by atoms with Gasteiger partial charge in [-0.05, 0) is 43.7 Å². The molecule has 7 heteroatoms.